The average molecular weight is 224 g/mol. The maximum absolute atomic E-state index is 8.89. The van der Waals surface area contributed by atoms with Crippen LogP contribution in [0.2, 0.25) is 0 Å². The summed E-state index contributed by atoms with van der Waals surface area (Å²) in [4.78, 5) is 8.36. The van der Waals surface area contributed by atoms with Gasteiger partial charge in [-0.25, -0.2) is 4.98 Å². The molecule has 0 aromatic carbocycles. The minimum absolute atomic E-state index is 0.403. The van der Waals surface area contributed by atoms with Gasteiger partial charge >= 0.3 is 0 Å². The SMILES string of the molecule is Cc1cccc(CNc2cccnc2C#N)n1. The van der Waals surface area contributed by atoms with Gasteiger partial charge in [0, 0.05) is 11.9 Å². The number of nitrogens with one attached hydrogen (secondary N) is 1. The maximum atomic E-state index is 8.89. The van der Waals surface area contributed by atoms with Crippen LogP contribution in [0, 0.1) is 18.3 Å². The molecule has 2 aromatic rings. The van der Waals surface area contributed by atoms with Crippen molar-refractivity contribution in [2.24, 2.45) is 0 Å². The molecule has 0 aliphatic heterocycles. The molecule has 0 saturated carbocycles. The van der Waals surface area contributed by atoms with Crippen LogP contribution in [-0.4, -0.2) is 9.97 Å². The second kappa shape index (κ2) is 5.08. The summed E-state index contributed by atoms with van der Waals surface area (Å²) in [5, 5.41) is 12.1. The maximum Gasteiger partial charge on any atom is 0.163 e. The zero-order chi connectivity index (χ0) is 12.1. The molecular formula is C13H12N4. The Morgan fingerprint density at radius 3 is 2.94 bits per heavy atom. The van der Waals surface area contributed by atoms with Crippen LogP contribution in [0.15, 0.2) is 36.5 Å². The highest BCUT2D eigenvalue weighted by Crippen LogP contribution is 2.11. The third-order valence-corrected chi connectivity index (χ3v) is 2.32. The third-order valence-electron chi connectivity index (χ3n) is 2.32. The predicted octanol–water partition coefficient (Wildman–Crippen LogP) is 2.27. The number of anilines is 1. The van der Waals surface area contributed by atoms with Gasteiger partial charge in [-0.3, -0.25) is 4.98 Å². The Labute approximate surface area is 100.0 Å². The van der Waals surface area contributed by atoms with E-state index in [1.165, 1.54) is 0 Å². The van der Waals surface area contributed by atoms with Crippen LogP contribution in [0.3, 0.4) is 0 Å². The lowest BCUT2D eigenvalue weighted by molar-refractivity contribution is 1.01. The van der Waals surface area contributed by atoms with Crippen LogP contribution in [0.5, 0.6) is 0 Å². The lowest BCUT2D eigenvalue weighted by atomic mass is 10.2. The minimum Gasteiger partial charge on any atom is -0.377 e. The van der Waals surface area contributed by atoms with Crippen LogP contribution < -0.4 is 5.32 Å². The van der Waals surface area contributed by atoms with Gasteiger partial charge in [0.05, 0.1) is 17.9 Å². The Morgan fingerprint density at radius 1 is 1.29 bits per heavy atom. The number of nitriles is 1. The molecule has 0 amide bonds. The van der Waals surface area contributed by atoms with E-state index >= 15 is 0 Å². The van der Waals surface area contributed by atoms with E-state index in [0.717, 1.165) is 17.1 Å². The molecule has 2 rings (SSSR count). The largest absolute Gasteiger partial charge is 0.377 e. The minimum atomic E-state index is 0.403. The van der Waals surface area contributed by atoms with Crippen LogP contribution in [0.1, 0.15) is 17.1 Å². The number of aryl methyl sites for hydroxylation is 1. The van der Waals surface area contributed by atoms with E-state index in [1.54, 1.807) is 12.3 Å². The molecule has 2 heterocycles. The Morgan fingerprint density at radius 2 is 2.18 bits per heavy atom. The summed E-state index contributed by atoms with van der Waals surface area (Å²) in [5.74, 6) is 0. The van der Waals surface area contributed by atoms with Gasteiger partial charge in [-0.2, -0.15) is 5.26 Å². The first kappa shape index (κ1) is 11.1. The van der Waals surface area contributed by atoms with Gasteiger partial charge in [0.15, 0.2) is 5.69 Å². The van der Waals surface area contributed by atoms with E-state index in [0.29, 0.717) is 12.2 Å². The first-order chi connectivity index (χ1) is 8.29. The fourth-order valence-electron chi connectivity index (χ4n) is 1.52. The van der Waals surface area contributed by atoms with Gasteiger partial charge in [-0.1, -0.05) is 6.07 Å². The molecule has 0 fully saturated rings. The Balaban J connectivity index is 2.10. The molecule has 0 atom stereocenters. The first-order valence-corrected chi connectivity index (χ1v) is 5.31. The van der Waals surface area contributed by atoms with Crippen molar-refractivity contribution >= 4 is 5.69 Å². The summed E-state index contributed by atoms with van der Waals surface area (Å²) in [7, 11) is 0. The van der Waals surface area contributed by atoms with Crippen molar-refractivity contribution in [2.75, 3.05) is 5.32 Å². The molecule has 17 heavy (non-hydrogen) atoms. The third kappa shape index (κ3) is 2.79. The summed E-state index contributed by atoms with van der Waals surface area (Å²) in [6, 6.07) is 11.5. The number of hydrogen-bond donors (Lipinski definition) is 1. The number of pyridine rings is 2. The highest BCUT2D eigenvalue weighted by molar-refractivity contribution is 5.53. The van der Waals surface area contributed by atoms with Gasteiger partial charge in [0.2, 0.25) is 0 Å². The van der Waals surface area contributed by atoms with Gasteiger partial charge in [-0.15, -0.1) is 0 Å². The lowest BCUT2D eigenvalue weighted by Gasteiger charge is -2.07. The van der Waals surface area contributed by atoms with Gasteiger partial charge in [-0.05, 0) is 31.2 Å². The summed E-state index contributed by atoms with van der Waals surface area (Å²) in [5.41, 5.74) is 3.06. The Hall–Kier alpha value is -2.41. The highest BCUT2D eigenvalue weighted by Gasteiger charge is 2.01. The van der Waals surface area contributed by atoms with Crippen molar-refractivity contribution in [3.05, 3.63) is 53.6 Å². The van der Waals surface area contributed by atoms with Crippen LogP contribution in [0.25, 0.3) is 0 Å². The average Bonchev–Trinajstić information content (AvgIpc) is 2.37. The van der Waals surface area contributed by atoms with E-state index < -0.39 is 0 Å². The second-order valence-electron chi connectivity index (χ2n) is 3.64. The second-order valence-corrected chi connectivity index (χ2v) is 3.64. The molecule has 4 heteroatoms. The van der Waals surface area contributed by atoms with Crippen LogP contribution in [0.4, 0.5) is 5.69 Å². The Kier molecular flexibility index (Phi) is 3.31. The molecule has 0 unspecified atom stereocenters. The van der Waals surface area contributed by atoms with Crippen molar-refractivity contribution in [1.29, 1.82) is 5.26 Å². The number of hydrogen-bond acceptors (Lipinski definition) is 4. The molecule has 0 spiro atoms. The molecular weight excluding hydrogens is 212 g/mol. The molecule has 4 nitrogen and oxygen atoms in total. The molecule has 0 radical (unpaired) electrons. The zero-order valence-electron chi connectivity index (χ0n) is 9.51. The molecule has 1 N–H and O–H groups in total. The molecule has 0 aliphatic rings. The van der Waals surface area contributed by atoms with E-state index in [1.807, 2.05) is 37.3 Å². The molecule has 0 bridgehead atoms. The van der Waals surface area contributed by atoms with Crippen LogP contribution in [-0.2, 0) is 6.54 Å². The lowest BCUT2D eigenvalue weighted by Crippen LogP contribution is -2.04. The summed E-state index contributed by atoms with van der Waals surface area (Å²) in [6.07, 6.45) is 1.61. The van der Waals surface area contributed by atoms with Gasteiger partial charge < -0.3 is 5.32 Å². The van der Waals surface area contributed by atoms with Crippen molar-refractivity contribution in [3.63, 3.8) is 0 Å². The van der Waals surface area contributed by atoms with Crippen molar-refractivity contribution in [1.82, 2.24) is 9.97 Å². The summed E-state index contributed by atoms with van der Waals surface area (Å²) < 4.78 is 0. The number of nitrogens with zero attached hydrogens (tertiary/aromatic N) is 3. The number of rotatable bonds is 3. The van der Waals surface area contributed by atoms with E-state index in [2.05, 4.69) is 15.3 Å². The van der Waals surface area contributed by atoms with E-state index in [4.69, 9.17) is 5.26 Å². The summed E-state index contributed by atoms with van der Waals surface area (Å²) >= 11 is 0. The molecule has 0 saturated heterocycles. The van der Waals surface area contributed by atoms with Crippen molar-refractivity contribution < 1.29 is 0 Å². The quantitative estimate of drug-likeness (QED) is 0.868. The zero-order valence-corrected chi connectivity index (χ0v) is 9.51. The monoisotopic (exact) mass is 224 g/mol. The van der Waals surface area contributed by atoms with Crippen molar-refractivity contribution in [3.8, 4) is 6.07 Å². The fourth-order valence-corrected chi connectivity index (χ4v) is 1.52. The van der Waals surface area contributed by atoms with E-state index in [-0.39, 0.29) is 0 Å². The van der Waals surface area contributed by atoms with Crippen molar-refractivity contribution in [2.45, 2.75) is 13.5 Å². The summed E-state index contributed by atoms with van der Waals surface area (Å²) in [6.45, 7) is 2.54. The highest BCUT2D eigenvalue weighted by atomic mass is 14.9. The molecule has 2 aromatic heterocycles. The molecule has 0 aliphatic carbocycles. The Bertz CT molecular complexity index is 557. The molecule has 84 valence electrons. The van der Waals surface area contributed by atoms with Crippen LogP contribution >= 0.6 is 0 Å². The first-order valence-electron chi connectivity index (χ1n) is 5.31. The predicted molar refractivity (Wildman–Crippen MR) is 65.3 cm³/mol. The number of aromatic nitrogens is 2. The topological polar surface area (TPSA) is 61.6 Å². The standard InChI is InChI=1S/C13H12N4/c1-10-4-2-5-11(17-10)9-16-12-6-3-7-15-13(12)8-14/h2-7,16H,9H2,1H3. The van der Waals surface area contributed by atoms with E-state index in [9.17, 15) is 0 Å². The fraction of sp³-hybridized carbons (Fsp3) is 0.154. The smallest absolute Gasteiger partial charge is 0.163 e. The van der Waals surface area contributed by atoms with Gasteiger partial charge in [0.1, 0.15) is 6.07 Å². The van der Waals surface area contributed by atoms with Gasteiger partial charge in [0.25, 0.3) is 0 Å². The normalized spacial score (nSPS) is 9.65.